The van der Waals surface area contributed by atoms with Crippen LogP contribution in [-0.4, -0.2) is 52.4 Å². The number of ketones is 2. The van der Waals surface area contributed by atoms with Gasteiger partial charge < -0.3 is 31.7 Å². The monoisotopic (exact) mass is 471 g/mol. The van der Waals surface area contributed by atoms with Crippen LogP contribution in [-0.2, 0) is 16.0 Å². The first kappa shape index (κ1) is 22.5. The van der Waals surface area contributed by atoms with Crippen molar-refractivity contribution in [1.29, 1.82) is 0 Å². The van der Waals surface area contributed by atoms with Crippen LogP contribution in [0.5, 0.6) is 5.75 Å². The first-order valence-electron chi connectivity index (χ1n) is 11.4. The molecule has 4 aliphatic rings. The number of Topliss-reactive ketones (excluding diaryl/α,β-unsaturated/α-hetero) is 2. The zero-order valence-corrected chi connectivity index (χ0v) is 18.5. The fourth-order valence-corrected chi connectivity index (χ4v) is 6.29. The standard InChI is InChI=1S/C24H26FN3O6/c1-27-19-11-6-8-5-10-15(13(29)7-9(18(10)25)12-3-2-4-28-12)20(30)14(8)21(31)16(11)22(32)17(23(19)33)24(26)34/h7-8,11-12,16,19,27-29,31,33H,2-6H2,1H3,(H2,26,34)/t8-,11+,12?,16+,19-/m0/s1. The van der Waals surface area contributed by atoms with Gasteiger partial charge in [-0.05, 0) is 57.2 Å². The molecule has 1 aliphatic heterocycles. The van der Waals surface area contributed by atoms with Crippen molar-refractivity contribution in [2.24, 2.45) is 23.5 Å². The maximum atomic E-state index is 15.6. The maximum absolute atomic E-state index is 15.6. The van der Waals surface area contributed by atoms with Crippen molar-refractivity contribution in [2.45, 2.75) is 37.8 Å². The third-order valence-electron chi connectivity index (χ3n) is 7.76. The molecule has 0 bridgehead atoms. The normalized spacial score (nSPS) is 30.8. The second-order valence-electron chi connectivity index (χ2n) is 9.46. The number of aromatic hydroxyl groups is 1. The van der Waals surface area contributed by atoms with E-state index >= 15 is 4.39 Å². The van der Waals surface area contributed by atoms with Crippen LogP contribution < -0.4 is 16.4 Å². The number of carbonyl (C=O) groups excluding carboxylic acids is 3. The minimum Gasteiger partial charge on any atom is -0.511 e. The summed E-state index contributed by atoms with van der Waals surface area (Å²) >= 11 is 0. The third-order valence-corrected chi connectivity index (χ3v) is 7.76. The number of nitrogens with one attached hydrogen (secondary N) is 2. The predicted molar refractivity (Wildman–Crippen MR) is 118 cm³/mol. The number of benzene rings is 1. The molecule has 1 heterocycles. The molecule has 34 heavy (non-hydrogen) atoms. The van der Waals surface area contributed by atoms with Gasteiger partial charge in [-0.3, -0.25) is 14.4 Å². The number of aliphatic hydroxyl groups is 2. The molecule has 3 aliphatic carbocycles. The van der Waals surface area contributed by atoms with Crippen LogP contribution in [0.2, 0.25) is 0 Å². The van der Waals surface area contributed by atoms with Gasteiger partial charge in [0.15, 0.2) is 11.6 Å². The largest absolute Gasteiger partial charge is 0.511 e. The summed E-state index contributed by atoms with van der Waals surface area (Å²) in [5.41, 5.74) is 4.81. The number of primary amides is 1. The van der Waals surface area contributed by atoms with Crippen molar-refractivity contribution >= 4 is 17.5 Å². The molecule has 0 spiro atoms. The molecule has 5 atom stereocenters. The van der Waals surface area contributed by atoms with E-state index in [1.54, 1.807) is 0 Å². The molecule has 0 aromatic heterocycles. The third kappa shape index (κ3) is 3.01. The smallest absolute Gasteiger partial charge is 0.255 e. The van der Waals surface area contributed by atoms with Gasteiger partial charge >= 0.3 is 0 Å². The van der Waals surface area contributed by atoms with E-state index in [0.717, 1.165) is 13.0 Å². The van der Waals surface area contributed by atoms with Crippen LogP contribution in [0.15, 0.2) is 28.7 Å². The number of allylic oxidation sites excluding steroid dienone is 2. The van der Waals surface area contributed by atoms with Crippen molar-refractivity contribution in [3.05, 3.63) is 51.2 Å². The van der Waals surface area contributed by atoms with Gasteiger partial charge in [0.1, 0.15) is 28.7 Å². The number of rotatable bonds is 3. The van der Waals surface area contributed by atoms with E-state index in [4.69, 9.17) is 5.73 Å². The van der Waals surface area contributed by atoms with Crippen molar-refractivity contribution < 1.29 is 34.1 Å². The Hall–Kier alpha value is -3.24. The number of hydrogen-bond acceptors (Lipinski definition) is 8. The molecule has 0 saturated carbocycles. The van der Waals surface area contributed by atoms with E-state index in [1.807, 2.05) is 0 Å². The van der Waals surface area contributed by atoms with E-state index < -0.39 is 64.2 Å². The Labute approximate surface area is 194 Å². The summed E-state index contributed by atoms with van der Waals surface area (Å²) in [4.78, 5) is 38.4. The highest BCUT2D eigenvalue weighted by atomic mass is 19.1. The number of amides is 1. The minimum atomic E-state index is -1.26. The highest BCUT2D eigenvalue weighted by Crippen LogP contribution is 2.50. The number of carbonyl (C=O) groups is 3. The molecule has 0 radical (unpaired) electrons. The van der Waals surface area contributed by atoms with Crippen LogP contribution in [0.1, 0.15) is 46.8 Å². The first-order chi connectivity index (χ1) is 16.2. The lowest BCUT2D eigenvalue weighted by atomic mass is 9.61. The Morgan fingerprint density at radius 2 is 1.97 bits per heavy atom. The molecule has 9 nitrogen and oxygen atoms in total. The lowest BCUT2D eigenvalue weighted by molar-refractivity contribution is -0.126. The number of hydrogen-bond donors (Lipinski definition) is 6. The molecule has 5 rings (SSSR count). The van der Waals surface area contributed by atoms with E-state index in [1.165, 1.54) is 13.1 Å². The molecular weight excluding hydrogens is 445 g/mol. The molecule has 1 aromatic carbocycles. The molecule has 7 N–H and O–H groups in total. The van der Waals surface area contributed by atoms with Gasteiger partial charge in [-0.1, -0.05) is 0 Å². The summed E-state index contributed by atoms with van der Waals surface area (Å²) in [7, 11) is 1.53. The number of fused-ring (bicyclic) bond motifs is 3. The topological polar surface area (TPSA) is 162 Å². The van der Waals surface area contributed by atoms with Crippen molar-refractivity contribution in [2.75, 3.05) is 13.6 Å². The van der Waals surface area contributed by atoms with E-state index in [0.29, 0.717) is 12.0 Å². The average Bonchev–Trinajstić information content (AvgIpc) is 3.30. The Balaban J connectivity index is 1.64. The van der Waals surface area contributed by atoms with Crippen molar-refractivity contribution in [3.8, 4) is 5.75 Å². The summed E-state index contributed by atoms with van der Waals surface area (Å²) in [6.07, 6.45) is 1.80. The number of likely N-dealkylation sites (N-methyl/N-ethyl adjacent to an activating group) is 1. The minimum absolute atomic E-state index is 0.0431. The van der Waals surface area contributed by atoms with Crippen LogP contribution in [0, 0.1) is 23.6 Å². The quantitative estimate of drug-likeness (QED) is 0.359. The van der Waals surface area contributed by atoms with Gasteiger partial charge in [0.05, 0.1) is 17.5 Å². The predicted octanol–water partition coefficient (Wildman–Crippen LogP) is 1.23. The fourth-order valence-electron chi connectivity index (χ4n) is 6.29. The Morgan fingerprint density at radius 1 is 1.24 bits per heavy atom. The molecule has 10 heteroatoms. The first-order valence-corrected chi connectivity index (χ1v) is 11.4. The highest BCUT2D eigenvalue weighted by Gasteiger charge is 2.53. The van der Waals surface area contributed by atoms with Crippen LogP contribution in [0.4, 0.5) is 4.39 Å². The molecule has 1 saturated heterocycles. The zero-order chi connectivity index (χ0) is 24.5. The van der Waals surface area contributed by atoms with Gasteiger partial charge in [0, 0.05) is 22.7 Å². The Kier molecular flexibility index (Phi) is 5.25. The number of nitrogens with two attached hydrogens (primary N) is 1. The summed E-state index contributed by atoms with van der Waals surface area (Å²) in [5, 5.41) is 38.4. The zero-order valence-electron chi connectivity index (χ0n) is 18.5. The van der Waals surface area contributed by atoms with E-state index in [9.17, 15) is 29.7 Å². The molecule has 1 aromatic rings. The molecular formula is C24H26FN3O6. The summed E-state index contributed by atoms with van der Waals surface area (Å²) in [6.45, 7) is 0.733. The number of phenols is 1. The molecule has 1 amide bonds. The lowest BCUT2D eigenvalue weighted by Gasteiger charge is -2.44. The molecule has 1 fully saturated rings. The average molecular weight is 471 g/mol. The van der Waals surface area contributed by atoms with E-state index in [-0.39, 0.29) is 41.3 Å². The highest BCUT2D eigenvalue weighted by molar-refractivity contribution is 6.22. The van der Waals surface area contributed by atoms with Crippen molar-refractivity contribution in [1.82, 2.24) is 10.6 Å². The van der Waals surface area contributed by atoms with Gasteiger partial charge in [0.25, 0.3) is 5.91 Å². The number of aliphatic hydroxyl groups excluding tert-OH is 2. The van der Waals surface area contributed by atoms with Crippen LogP contribution in [0.3, 0.4) is 0 Å². The van der Waals surface area contributed by atoms with Crippen LogP contribution >= 0.6 is 0 Å². The molecule has 1 unspecified atom stereocenters. The lowest BCUT2D eigenvalue weighted by Crippen LogP contribution is -2.53. The number of halogens is 1. The second kappa shape index (κ2) is 7.92. The summed E-state index contributed by atoms with van der Waals surface area (Å²) in [6, 6.07) is 0.136. The van der Waals surface area contributed by atoms with Crippen LogP contribution in [0.25, 0.3) is 0 Å². The second-order valence-corrected chi connectivity index (χ2v) is 9.46. The van der Waals surface area contributed by atoms with Gasteiger partial charge in [-0.2, -0.15) is 0 Å². The number of phenolic OH excluding ortho intramolecular Hbond substituents is 1. The summed E-state index contributed by atoms with van der Waals surface area (Å²) in [5.74, 6) is -7.24. The Bertz CT molecular complexity index is 1200. The van der Waals surface area contributed by atoms with Gasteiger partial charge in [-0.25, -0.2) is 4.39 Å². The van der Waals surface area contributed by atoms with E-state index in [2.05, 4.69) is 10.6 Å². The van der Waals surface area contributed by atoms with Gasteiger partial charge in [-0.15, -0.1) is 0 Å². The van der Waals surface area contributed by atoms with Crippen molar-refractivity contribution in [3.63, 3.8) is 0 Å². The fraction of sp³-hybridized carbons (Fsp3) is 0.458. The van der Waals surface area contributed by atoms with Gasteiger partial charge in [0.2, 0.25) is 0 Å². The Morgan fingerprint density at radius 3 is 2.59 bits per heavy atom. The maximum Gasteiger partial charge on any atom is 0.255 e. The summed E-state index contributed by atoms with van der Waals surface area (Å²) < 4.78 is 15.6. The molecule has 180 valence electrons. The SMILES string of the molecule is CN[C@@H]1C(O)=C(C(N)=O)C(=O)[C@H]2C(O)=C3C(=O)c4c(O)cc(C5CCCN5)c(F)c4C[C@H]3C[C@H]21.